The minimum atomic E-state index is 0.0593. The van der Waals surface area contributed by atoms with E-state index in [1.165, 1.54) is 16.9 Å². The van der Waals surface area contributed by atoms with E-state index in [1.807, 2.05) is 0 Å². The van der Waals surface area contributed by atoms with Crippen LogP contribution >= 0.6 is 11.3 Å². The maximum absolute atomic E-state index is 12.5. The number of rotatable bonds is 7. The van der Waals surface area contributed by atoms with Crippen LogP contribution in [0.3, 0.4) is 0 Å². The van der Waals surface area contributed by atoms with Crippen molar-refractivity contribution in [1.29, 1.82) is 5.26 Å². The molecule has 0 spiro atoms. The van der Waals surface area contributed by atoms with Gasteiger partial charge in [0.25, 0.3) is 0 Å². The number of hydrogen-bond acceptors (Lipinski definition) is 3. The highest BCUT2D eigenvalue weighted by atomic mass is 32.1. The summed E-state index contributed by atoms with van der Waals surface area (Å²) in [7, 11) is 0. The monoisotopic (exact) mass is 332 g/mol. The first-order valence-corrected chi connectivity index (χ1v) is 9.81. The van der Waals surface area contributed by atoms with Crippen LogP contribution in [-0.2, 0) is 17.6 Å². The van der Waals surface area contributed by atoms with Crippen molar-refractivity contribution in [2.75, 3.05) is 5.32 Å². The lowest BCUT2D eigenvalue weighted by Gasteiger charge is -2.20. The van der Waals surface area contributed by atoms with Gasteiger partial charge in [-0.25, -0.2) is 0 Å². The van der Waals surface area contributed by atoms with E-state index in [1.54, 1.807) is 11.3 Å². The average Bonchev–Trinajstić information content (AvgIpc) is 2.91. The lowest BCUT2D eigenvalue weighted by atomic mass is 9.86. The Morgan fingerprint density at radius 2 is 2.22 bits per heavy atom. The SMILES string of the molecule is CCCCC(CC)C(=O)Nc1sc2c(c1C#N)CCC(CC)C2. The zero-order chi connectivity index (χ0) is 16.8. The Bertz CT molecular complexity index is 585. The third-order valence-electron chi connectivity index (χ3n) is 5.06. The molecule has 0 fully saturated rings. The lowest BCUT2D eigenvalue weighted by Crippen LogP contribution is -2.22. The standard InChI is InChI=1S/C19H28N2OS/c1-4-7-8-14(6-3)18(22)21-19-16(12-20)15-10-9-13(5-2)11-17(15)23-19/h13-14H,4-11H2,1-3H3,(H,21,22). The quantitative estimate of drug-likeness (QED) is 0.737. The van der Waals surface area contributed by atoms with Gasteiger partial charge >= 0.3 is 0 Å². The molecule has 3 nitrogen and oxygen atoms in total. The summed E-state index contributed by atoms with van der Waals surface area (Å²) in [6, 6.07) is 2.34. The maximum Gasteiger partial charge on any atom is 0.228 e. The zero-order valence-electron chi connectivity index (χ0n) is 14.6. The van der Waals surface area contributed by atoms with E-state index in [0.29, 0.717) is 0 Å². The number of anilines is 1. The molecule has 1 amide bonds. The van der Waals surface area contributed by atoms with Crippen molar-refractivity contribution in [2.24, 2.45) is 11.8 Å². The summed E-state index contributed by atoms with van der Waals surface area (Å²) in [6.07, 6.45) is 8.38. The van der Waals surface area contributed by atoms with Gasteiger partial charge in [-0.05, 0) is 43.6 Å². The number of nitrogens with zero attached hydrogens (tertiary/aromatic N) is 1. The molecule has 0 aromatic carbocycles. The molecule has 1 aromatic heterocycles. The highest BCUT2D eigenvalue weighted by molar-refractivity contribution is 7.16. The predicted octanol–water partition coefficient (Wildman–Crippen LogP) is 5.29. The molecule has 0 saturated carbocycles. The maximum atomic E-state index is 12.5. The molecule has 0 bridgehead atoms. The lowest BCUT2D eigenvalue weighted by molar-refractivity contribution is -0.120. The molecule has 1 aliphatic rings. The fourth-order valence-electron chi connectivity index (χ4n) is 3.39. The molecule has 2 rings (SSSR count). The van der Waals surface area contributed by atoms with Crippen molar-refractivity contribution in [3.05, 3.63) is 16.0 Å². The molecule has 1 aromatic rings. The van der Waals surface area contributed by atoms with Gasteiger partial charge in [0.2, 0.25) is 5.91 Å². The Kier molecular flexibility index (Phi) is 6.65. The van der Waals surface area contributed by atoms with Gasteiger partial charge in [-0.2, -0.15) is 5.26 Å². The van der Waals surface area contributed by atoms with Crippen LogP contribution < -0.4 is 5.32 Å². The summed E-state index contributed by atoms with van der Waals surface area (Å²) in [5, 5.41) is 13.4. The van der Waals surface area contributed by atoms with E-state index >= 15 is 0 Å². The molecule has 0 saturated heterocycles. The van der Waals surface area contributed by atoms with E-state index in [9.17, 15) is 10.1 Å². The molecule has 0 aliphatic heterocycles. The smallest absolute Gasteiger partial charge is 0.228 e. The number of hydrogen-bond donors (Lipinski definition) is 1. The van der Waals surface area contributed by atoms with Crippen molar-refractivity contribution < 1.29 is 4.79 Å². The van der Waals surface area contributed by atoms with Crippen LogP contribution in [0.4, 0.5) is 5.00 Å². The van der Waals surface area contributed by atoms with Crippen LogP contribution in [0.1, 0.15) is 75.3 Å². The Morgan fingerprint density at radius 1 is 1.43 bits per heavy atom. The molecule has 1 heterocycles. The van der Waals surface area contributed by atoms with Gasteiger partial charge in [-0.1, -0.05) is 40.0 Å². The Balaban J connectivity index is 2.15. The summed E-state index contributed by atoms with van der Waals surface area (Å²) in [5.74, 6) is 0.872. The number of thiophene rings is 1. The number of unbranched alkanes of at least 4 members (excludes halogenated alkanes) is 1. The highest BCUT2D eigenvalue weighted by Gasteiger charge is 2.26. The molecular weight excluding hydrogens is 304 g/mol. The molecule has 2 atom stereocenters. The molecule has 4 heteroatoms. The van der Waals surface area contributed by atoms with Crippen LogP contribution in [0, 0.1) is 23.2 Å². The first-order valence-electron chi connectivity index (χ1n) is 8.99. The van der Waals surface area contributed by atoms with Gasteiger partial charge in [0.15, 0.2) is 0 Å². The van der Waals surface area contributed by atoms with E-state index in [0.717, 1.165) is 61.4 Å². The fraction of sp³-hybridized carbons (Fsp3) is 0.684. The van der Waals surface area contributed by atoms with Gasteiger partial charge in [0, 0.05) is 10.8 Å². The fourth-order valence-corrected chi connectivity index (χ4v) is 4.71. The molecule has 126 valence electrons. The largest absolute Gasteiger partial charge is 0.316 e. The van der Waals surface area contributed by atoms with Crippen LogP contribution in [0.25, 0.3) is 0 Å². The van der Waals surface area contributed by atoms with Gasteiger partial charge in [-0.15, -0.1) is 11.3 Å². The van der Waals surface area contributed by atoms with Gasteiger partial charge in [0.05, 0.1) is 5.56 Å². The second kappa shape index (κ2) is 8.49. The second-order valence-electron chi connectivity index (χ2n) is 6.57. The predicted molar refractivity (Wildman–Crippen MR) is 96.8 cm³/mol. The summed E-state index contributed by atoms with van der Waals surface area (Å²) >= 11 is 1.63. The van der Waals surface area contributed by atoms with Crippen LogP contribution in [0.2, 0.25) is 0 Å². The van der Waals surface area contributed by atoms with E-state index in [2.05, 4.69) is 32.2 Å². The summed E-state index contributed by atoms with van der Waals surface area (Å²) in [6.45, 7) is 6.45. The first-order chi connectivity index (χ1) is 11.1. The average molecular weight is 333 g/mol. The molecule has 23 heavy (non-hydrogen) atoms. The number of nitriles is 1. The summed E-state index contributed by atoms with van der Waals surface area (Å²) in [5.41, 5.74) is 1.91. The van der Waals surface area contributed by atoms with E-state index < -0.39 is 0 Å². The zero-order valence-corrected chi connectivity index (χ0v) is 15.4. The molecule has 2 unspecified atom stereocenters. The number of amides is 1. The van der Waals surface area contributed by atoms with Crippen molar-refractivity contribution in [3.8, 4) is 6.07 Å². The van der Waals surface area contributed by atoms with E-state index in [-0.39, 0.29) is 11.8 Å². The summed E-state index contributed by atoms with van der Waals surface area (Å²) < 4.78 is 0. The molecular formula is C19H28N2OS. The number of carbonyl (C=O) groups is 1. The minimum absolute atomic E-state index is 0.0593. The van der Waals surface area contributed by atoms with Gasteiger partial charge < -0.3 is 5.32 Å². The molecule has 1 N–H and O–H groups in total. The third-order valence-corrected chi connectivity index (χ3v) is 6.23. The first kappa shape index (κ1) is 18.0. The van der Waals surface area contributed by atoms with Gasteiger partial charge in [-0.3, -0.25) is 4.79 Å². The number of carbonyl (C=O) groups excluding carboxylic acids is 1. The van der Waals surface area contributed by atoms with E-state index in [4.69, 9.17) is 0 Å². The second-order valence-corrected chi connectivity index (χ2v) is 7.68. The Morgan fingerprint density at radius 3 is 2.83 bits per heavy atom. The van der Waals surface area contributed by atoms with Crippen LogP contribution in [0.15, 0.2) is 0 Å². The number of fused-ring (bicyclic) bond motifs is 1. The van der Waals surface area contributed by atoms with Gasteiger partial charge in [0.1, 0.15) is 11.1 Å². The van der Waals surface area contributed by atoms with Crippen molar-refractivity contribution in [3.63, 3.8) is 0 Å². The third kappa shape index (κ3) is 4.14. The highest BCUT2D eigenvalue weighted by Crippen LogP contribution is 2.40. The van der Waals surface area contributed by atoms with Crippen molar-refractivity contribution >= 4 is 22.2 Å². The summed E-state index contributed by atoms with van der Waals surface area (Å²) in [4.78, 5) is 13.9. The minimum Gasteiger partial charge on any atom is -0.316 e. The normalized spacial score (nSPS) is 18.1. The number of nitrogens with one attached hydrogen (secondary N) is 1. The molecule has 0 radical (unpaired) electrons. The van der Waals surface area contributed by atoms with Crippen LogP contribution in [0.5, 0.6) is 0 Å². The molecule has 1 aliphatic carbocycles. The Labute approximate surface area is 144 Å². The van der Waals surface area contributed by atoms with Crippen LogP contribution in [-0.4, -0.2) is 5.91 Å². The Hall–Kier alpha value is -1.34. The van der Waals surface area contributed by atoms with Crippen molar-refractivity contribution in [1.82, 2.24) is 0 Å². The topological polar surface area (TPSA) is 52.9 Å². The van der Waals surface area contributed by atoms with Crippen molar-refractivity contribution in [2.45, 2.75) is 72.1 Å².